The summed E-state index contributed by atoms with van der Waals surface area (Å²) in [6, 6.07) is 4.85. The fraction of sp³-hybridized carbons (Fsp3) is 0.500. The largest absolute Gasteiger partial charge is 0.364 e. The number of hydrogen-bond acceptors (Lipinski definition) is 4. The molecule has 1 N–H and O–H groups in total. The normalized spacial score (nSPS) is 24.0. The van der Waals surface area contributed by atoms with Gasteiger partial charge >= 0.3 is 0 Å². The highest BCUT2D eigenvalue weighted by Crippen LogP contribution is 2.45. The van der Waals surface area contributed by atoms with Gasteiger partial charge in [0.25, 0.3) is 11.1 Å². The zero-order valence-corrected chi connectivity index (χ0v) is 16.6. The standard InChI is InChI=1S/C20H26N2O2S/c1-11(2)22-16-7-12(3)14(9-17-18(23)21-19(24)25-17)8-15(16)13(4)10-20(22,5)6/h7-9,11,13H,10H2,1-6H3,(H,21,23,24)/b17-9+. The van der Waals surface area contributed by atoms with Crippen LogP contribution in [0.2, 0.25) is 0 Å². The molecular formula is C20H26N2O2S. The van der Waals surface area contributed by atoms with Crippen LogP contribution in [-0.2, 0) is 4.79 Å². The second-order valence-corrected chi connectivity index (χ2v) is 9.02. The first-order valence-corrected chi connectivity index (χ1v) is 9.60. The number of carbonyl (C=O) groups is 2. The molecule has 2 aliphatic heterocycles. The molecule has 25 heavy (non-hydrogen) atoms. The maximum atomic E-state index is 11.9. The van der Waals surface area contributed by atoms with Gasteiger partial charge in [-0.25, -0.2) is 0 Å². The number of anilines is 1. The van der Waals surface area contributed by atoms with Crippen LogP contribution in [0.15, 0.2) is 17.0 Å². The van der Waals surface area contributed by atoms with E-state index in [-0.39, 0.29) is 16.7 Å². The Balaban J connectivity index is 2.10. The number of carbonyl (C=O) groups excluding carboxylic acids is 2. The molecule has 1 atom stereocenters. The van der Waals surface area contributed by atoms with Crippen LogP contribution >= 0.6 is 11.8 Å². The van der Waals surface area contributed by atoms with E-state index >= 15 is 0 Å². The molecule has 0 aromatic heterocycles. The van der Waals surface area contributed by atoms with Crippen molar-refractivity contribution in [3.8, 4) is 0 Å². The second kappa shape index (κ2) is 6.20. The summed E-state index contributed by atoms with van der Waals surface area (Å²) in [5, 5.41) is 2.02. The number of nitrogens with zero attached hydrogens (tertiary/aromatic N) is 1. The van der Waals surface area contributed by atoms with E-state index in [9.17, 15) is 9.59 Å². The molecular weight excluding hydrogens is 332 g/mol. The van der Waals surface area contributed by atoms with Gasteiger partial charge in [0.15, 0.2) is 0 Å². The van der Waals surface area contributed by atoms with Crippen LogP contribution in [0.4, 0.5) is 10.5 Å². The quantitative estimate of drug-likeness (QED) is 0.770. The van der Waals surface area contributed by atoms with Crippen LogP contribution in [0.3, 0.4) is 0 Å². The van der Waals surface area contributed by atoms with Crippen LogP contribution in [0.25, 0.3) is 6.08 Å². The van der Waals surface area contributed by atoms with Gasteiger partial charge in [-0.05, 0) is 93.6 Å². The summed E-state index contributed by atoms with van der Waals surface area (Å²) in [4.78, 5) is 26.2. The lowest BCUT2D eigenvalue weighted by atomic mass is 9.78. The van der Waals surface area contributed by atoms with Crippen molar-refractivity contribution < 1.29 is 9.59 Å². The first-order valence-electron chi connectivity index (χ1n) is 8.79. The van der Waals surface area contributed by atoms with Crippen molar-refractivity contribution in [3.05, 3.63) is 33.7 Å². The Labute approximate surface area is 154 Å². The molecule has 0 aliphatic carbocycles. The molecule has 2 aliphatic rings. The fourth-order valence-corrected chi connectivity index (χ4v) is 4.98. The predicted octanol–water partition coefficient (Wildman–Crippen LogP) is 4.82. The van der Waals surface area contributed by atoms with Gasteiger partial charge in [-0.15, -0.1) is 0 Å². The topological polar surface area (TPSA) is 49.4 Å². The van der Waals surface area contributed by atoms with E-state index in [2.05, 4.69) is 63.9 Å². The highest BCUT2D eigenvalue weighted by molar-refractivity contribution is 8.18. The lowest BCUT2D eigenvalue weighted by Crippen LogP contribution is -2.51. The average Bonchev–Trinajstić information content (AvgIpc) is 2.77. The molecule has 1 saturated heterocycles. The Hall–Kier alpha value is -1.75. The number of fused-ring (bicyclic) bond motifs is 1. The molecule has 0 saturated carbocycles. The minimum Gasteiger partial charge on any atom is -0.364 e. The van der Waals surface area contributed by atoms with Crippen molar-refractivity contribution in [3.63, 3.8) is 0 Å². The number of amides is 2. The average molecular weight is 359 g/mol. The molecule has 0 bridgehead atoms. The van der Waals surface area contributed by atoms with Crippen molar-refractivity contribution in [2.45, 2.75) is 65.5 Å². The van der Waals surface area contributed by atoms with Gasteiger partial charge < -0.3 is 4.90 Å². The molecule has 2 amide bonds. The van der Waals surface area contributed by atoms with E-state index < -0.39 is 0 Å². The van der Waals surface area contributed by atoms with Gasteiger partial charge in [-0.3, -0.25) is 14.9 Å². The summed E-state index contributed by atoms with van der Waals surface area (Å²) >= 11 is 0.972. The highest BCUT2D eigenvalue weighted by atomic mass is 32.2. The lowest BCUT2D eigenvalue weighted by Gasteiger charge is -2.50. The maximum absolute atomic E-state index is 11.9. The Bertz CT molecular complexity index is 780. The summed E-state index contributed by atoms with van der Waals surface area (Å²) < 4.78 is 0. The zero-order chi connectivity index (χ0) is 18.5. The summed E-state index contributed by atoms with van der Waals surface area (Å²) in [6.07, 6.45) is 2.93. The van der Waals surface area contributed by atoms with Gasteiger partial charge in [0.1, 0.15) is 0 Å². The predicted molar refractivity (Wildman–Crippen MR) is 105 cm³/mol. The monoisotopic (exact) mass is 358 g/mol. The molecule has 134 valence electrons. The number of imide groups is 1. The summed E-state index contributed by atoms with van der Waals surface area (Å²) in [5.74, 6) is 0.148. The first kappa shape index (κ1) is 18.1. The highest BCUT2D eigenvalue weighted by Gasteiger charge is 2.38. The van der Waals surface area contributed by atoms with Crippen LogP contribution in [0, 0.1) is 6.92 Å². The molecule has 5 heteroatoms. The summed E-state index contributed by atoms with van der Waals surface area (Å²) in [7, 11) is 0. The van der Waals surface area contributed by atoms with E-state index in [4.69, 9.17) is 0 Å². The van der Waals surface area contributed by atoms with Crippen molar-refractivity contribution >= 4 is 34.7 Å². The Morgan fingerprint density at radius 1 is 1.32 bits per heavy atom. The van der Waals surface area contributed by atoms with Crippen LogP contribution in [0.5, 0.6) is 0 Å². The molecule has 4 nitrogen and oxygen atoms in total. The third kappa shape index (κ3) is 3.22. The van der Waals surface area contributed by atoms with Gasteiger partial charge in [-0.2, -0.15) is 0 Å². The number of rotatable bonds is 2. The van der Waals surface area contributed by atoms with E-state index in [1.807, 2.05) is 6.08 Å². The Morgan fingerprint density at radius 3 is 2.56 bits per heavy atom. The van der Waals surface area contributed by atoms with Crippen molar-refractivity contribution in [1.82, 2.24) is 5.32 Å². The smallest absolute Gasteiger partial charge is 0.290 e. The van der Waals surface area contributed by atoms with Crippen molar-refractivity contribution in [2.24, 2.45) is 0 Å². The number of thioether (sulfide) groups is 1. The van der Waals surface area contributed by atoms with Gasteiger partial charge in [0, 0.05) is 17.3 Å². The lowest BCUT2D eigenvalue weighted by molar-refractivity contribution is -0.115. The summed E-state index contributed by atoms with van der Waals surface area (Å²) in [6.45, 7) is 13.4. The SMILES string of the molecule is Cc1cc2c(cc1/C=C1/SC(=O)NC1=O)C(C)CC(C)(C)N2C(C)C. The molecule has 1 unspecified atom stereocenters. The third-order valence-corrected chi connectivity index (χ3v) is 5.92. The molecule has 0 radical (unpaired) electrons. The minimum absolute atomic E-state index is 0.112. The van der Waals surface area contributed by atoms with E-state index in [0.29, 0.717) is 16.9 Å². The first-order chi connectivity index (χ1) is 11.6. The van der Waals surface area contributed by atoms with E-state index in [0.717, 1.165) is 29.3 Å². The number of hydrogen-bond donors (Lipinski definition) is 1. The van der Waals surface area contributed by atoms with Crippen LogP contribution in [0.1, 0.15) is 63.6 Å². The summed E-state index contributed by atoms with van der Waals surface area (Å²) in [5.41, 5.74) is 4.86. The van der Waals surface area contributed by atoms with Crippen LogP contribution in [-0.4, -0.2) is 22.7 Å². The molecule has 1 fully saturated rings. The van der Waals surface area contributed by atoms with Crippen molar-refractivity contribution in [2.75, 3.05) is 4.90 Å². The zero-order valence-electron chi connectivity index (χ0n) is 15.8. The maximum Gasteiger partial charge on any atom is 0.290 e. The fourth-order valence-electron chi connectivity index (χ4n) is 4.31. The molecule has 0 spiro atoms. The van der Waals surface area contributed by atoms with Gasteiger partial charge in [0.2, 0.25) is 0 Å². The van der Waals surface area contributed by atoms with Gasteiger partial charge in [-0.1, -0.05) is 6.92 Å². The van der Waals surface area contributed by atoms with E-state index in [1.165, 1.54) is 11.3 Å². The third-order valence-electron chi connectivity index (χ3n) is 5.11. The van der Waals surface area contributed by atoms with E-state index in [1.54, 1.807) is 0 Å². The minimum atomic E-state index is -0.301. The molecule has 3 rings (SSSR count). The molecule has 1 aromatic carbocycles. The Kier molecular flexibility index (Phi) is 4.48. The second-order valence-electron chi connectivity index (χ2n) is 8.00. The number of aryl methyl sites for hydroxylation is 1. The Morgan fingerprint density at radius 2 is 2.00 bits per heavy atom. The van der Waals surface area contributed by atoms with Gasteiger partial charge in [0.05, 0.1) is 4.91 Å². The molecule has 1 aromatic rings. The molecule has 2 heterocycles. The van der Waals surface area contributed by atoms with Crippen LogP contribution < -0.4 is 10.2 Å². The van der Waals surface area contributed by atoms with Crippen molar-refractivity contribution in [1.29, 1.82) is 0 Å². The number of nitrogens with one attached hydrogen (secondary N) is 1. The number of benzene rings is 1.